The molecule has 2 rings (SSSR count). The molecule has 0 bridgehead atoms. The standard InChI is InChI=1S/C15H21FN2O/c1-11(19)17-9-10-18-15-4-2-3-14(15)12-5-7-13(16)8-6-12/h5-8,14-15,18H,2-4,9-10H2,1H3,(H,17,19)/t14-,15+/m1/s1. The van der Waals surface area contributed by atoms with Gasteiger partial charge in [-0.2, -0.15) is 0 Å². The maximum absolute atomic E-state index is 12.9. The van der Waals surface area contributed by atoms with Gasteiger partial charge in [-0.05, 0) is 36.5 Å². The molecule has 1 amide bonds. The highest BCUT2D eigenvalue weighted by Gasteiger charge is 2.27. The van der Waals surface area contributed by atoms with Crippen LogP contribution in [0.2, 0.25) is 0 Å². The van der Waals surface area contributed by atoms with Crippen LogP contribution in [0.5, 0.6) is 0 Å². The molecule has 2 N–H and O–H groups in total. The topological polar surface area (TPSA) is 41.1 Å². The Hall–Kier alpha value is -1.42. The molecule has 0 spiro atoms. The van der Waals surface area contributed by atoms with Crippen molar-refractivity contribution in [2.75, 3.05) is 13.1 Å². The molecule has 19 heavy (non-hydrogen) atoms. The zero-order chi connectivity index (χ0) is 13.7. The average molecular weight is 264 g/mol. The first-order valence-corrected chi connectivity index (χ1v) is 6.90. The van der Waals surface area contributed by atoms with Crippen LogP contribution in [0, 0.1) is 5.82 Å². The van der Waals surface area contributed by atoms with Gasteiger partial charge in [0, 0.05) is 26.1 Å². The molecule has 1 fully saturated rings. The fourth-order valence-corrected chi connectivity index (χ4v) is 2.81. The molecule has 0 saturated heterocycles. The number of nitrogens with one attached hydrogen (secondary N) is 2. The van der Waals surface area contributed by atoms with E-state index in [0.717, 1.165) is 19.4 Å². The Morgan fingerprint density at radius 1 is 1.26 bits per heavy atom. The van der Waals surface area contributed by atoms with Gasteiger partial charge < -0.3 is 10.6 Å². The number of hydrogen-bond acceptors (Lipinski definition) is 2. The van der Waals surface area contributed by atoms with Crippen LogP contribution in [0.3, 0.4) is 0 Å². The fraction of sp³-hybridized carbons (Fsp3) is 0.533. The van der Waals surface area contributed by atoms with Crippen molar-refractivity contribution in [1.82, 2.24) is 10.6 Å². The Balaban J connectivity index is 1.86. The van der Waals surface area contributed by atoms with E-state index in [1.54, 1.807) is 0 Å². The van der Waals surface area contributed by atoms with Crippen molar-refractivity contribution in [3.63, 3.8) is 0 Å². The van der Waals surface area contributed by atoms with Crippen LogP contribution in [-0.4, -0.2) is 25.0 Å². The minimum Gasteiger partial charge on any atom is -0.355 e. The lowest BCUT2D eigenvalue weighted by molar-refractivity contribution is -0.118. The molecular formula is C15H21FN2O. The zero-order valence-corrected chi connectivity index (χ0v) is 11.3. The monoisotopic (exact) mass is 264 g/mol. The Morgan fingerprint density at radius 3 is 2.68 bits per heavy atom. The lowest BCUT2D eigenvalue weighted by atomic mass is 9.94. The first kappa shape index (κ1) is 14.0. The van der Waals surface area contributed by atoms with Gasteiger partial charge in [-0.25, -0.2) is 4.39 Å². The number of benzene rings is 1. The van der Waals surface area contributed by atoms with E-state index in [9.17, 15) is 9.18 Å². The average Bonchev–Trinajstić information content (AvgIpc) is 2.84. The predicted octanol–water partition coefficient (Wildman–Crippen LogP) is 2.19. The zero-order valence-electron chi connectivity index (χ0n) is 11.3. The molecule has 0 aliphatic heterocycles. The second-order valence-electron chi connectivity index (χ2n) is 5.13. The minimum atomic E-state index is -0.183. The van der Waals surface area contributed by atoms with E-state index in [0.29, 0.717) is 18.5 Å². The number of halogens is 1. The van der Waals surface area contributed by atoms with E-state index in [2.05, 4.69) is 10.6 Å². The first-order valence-electron chi connectivity index (χ1n) is 6.90. The molecular weight excluding hydrogens is 243 g/mol. The summed E-state index contributed by atoms with van der Waals surface area (Å²) >= 11 is 0. The molecule has 0 unspecified atom stereocenters. The SMILES string of the molecule is CC(=O)NCCN[C@H]1CCC[C@@H]1c1ccc(F)cc1. The molecule has 1 aromatic rings. The van der Waals surface area contributed by atoms with Gasteiger partial charge in [0.15, 0.2) is 0 Å². The van der Waals surface area contributed by atoms with Crippen LogP contribution in [0.15, 0.2) is 24.3 Å². The molecule has 0 radical (unpaired) electrons. The van der Waals surface area contributed by atoms with Crippen LogP contribution in [-0.2, 0) is 4.79 Å². The third kappa shape index (κ3) is 4.03. The lowest BCUT2D eigenvalue weighted by Crippen LogP contribution is -2.37. The van der Waals surface area contributed by atoms with Crippen molar-refractivity contribution in [2.45, 2.75) is 38.1 Å². The maximum Gasteiger partial charge on any atom is 0.216 e. The summed E-state index contributed by atoms with van der Waals surface area (Å²) in [5.41, 5.74) is 1.20. The smallest absolute Gasteiger partial charge is 0.216 e. The second-order valence-corrected chi connectivity index (χ2v) is 5.13. The summed E-state index contributed by atoms with van der Waals surface area (Å²) < 4.78 is 12.9. The van der Waals surface area contributed by atoms with Gasteiger partial charge in [0.1, 0.15) is 5.82 Å². The highest BCUT2D eigenvalue weighted by atomic mass is 19.1. The summed E-state index contributed by atoms with van der Waals surface area (Å²) in [6, 6.07) is 7.25. The van der Waals surface area contributed by atoms with Crippen molar-refractivity contribution in [2.24, 2.45) is 0 Å². The number of carbonyl (C=O) groups is 1. The van der Waals surface area contributed by atoms with Crippen molar-refractivity contribution in [1.29, 1.82) is 0 Å². The van der Waals surface area contributed by atoms with Crippen LogP contribution >= 0.6 is 0 Å². The van der Waals surface area contributed by atoms with Crippen molar-refractivity contribution in [3.8, 4) is 0 Å². The Kier molecular flexibility index (Phi) is 4.91. The van der Waals surface area contributed by atoms with E-state index in [-0.39, 0.29) is 11.7 Å². The third-order valence-corrected chi connectivity index (χ3v) is 3.72. The van der Waals surface area contributed by atoms with Crippen molar-refractivity contribution >= 4 is 5.91 Å². The van der Waals surface area contributed by atoms with E-state index in [1.807, 2.05) is 12.1 Å². The van der Waals surface area contributed by atoms with Crippen LogP contribution in [0.25, 0.3) is 0 Å². The number of hydrogen-bond donors (Lipinski definition) is 2. The molecule has 3 nitrogen and oxygen atoms in total. The minimum absolute atomic E-state index is 0.00306. The fourth-order valence-electron chi connectivity index (χ4n) is 2.81. The molecule has 2 atom stereocenters. The van der Waals surface area contributed by atoms with E-state index >= 15 is 0 Å². The highest BCUT2D eigenvalue weighted by molar-refractivity contribution is 5.72. The third-order valence-electron chi connectivity index (χ3n) is 3.72. The summed E-state index contributed by atoms with van der Waals surface area (Å²) in [5.74, 6) is 0.276. The molecule has 1 aliphatic rings. The summed E-state index contributed by atoms with van der Waals surface area (Å²) in [6.07, 6.45) is 3.48. The van der Waals surface area contributed by atoms with Gasteiger partial charge in [-0.3, -0.25) is 4.79 Å². The summed E-state index contributed by atoms with van der Waals surface area (Å²) in [7, 11) is 0. The van der Waals surface area contributed by atoms with Gasteiger partial charge in [0.25, 0.3) is 0 Å². The van der Waals surface area contributed by atoms with Gasteiger partial charge >= 0.3 is 0 Å². The first-order chi connectivity index (χ1) is 9.16. The molecule has 1 aliphatic carbocycles. The van der Waals surface area contributed by atoms with Crippen molar-refractivity contribution in [3.05, 3.63) is 35.6 Å². The van der Waals surface area contributed by atoms with Crippen LogP contribution < -0.4 is 10.6 Å². The number of rotatable bonds is 5. The molecule has 0 aromatic heterocycles. The van der Waals surface area contributed by atoms with Crippen LogP contribution in [0.1, 0.15) is 37.7 Å². The molecule has 1 saturated carbocycles. The largest absolute Gasteiger partial charge is 0.355 e. The number of amides is 1. The quantitative estimate of drug-likeness (QED) is 0.800. The summed E-state index contributed by atoms with van der Waals surface area (Å²) in [5, 5.41) is 6.27. The molecule has 104 valence electrons. The molecule has 4 heteroatoms. The van der Waals surface area contributed by atoms with Gasteiger partial charge in [-0.1, -0.05) is 18.6 Å². The van der Waals surface area contributed by atoms with Crippen molar-refractivity contribution < 1.29 is 9.18 Å². The lowest BCUT2D eigenvalue weighted by Gasteiger charge is -2.21. The van der Waals surface area contributed by atoms with Gasteiger partial charge in [-0.15, -0.1) is 0 Å². The number of carbonyl (C=O) groups excluding carboxylic acids is 1. The Labute approximate surface area is 113 Å². The maximum atomic E-state index is 12.9. The van der Waals surface area contributed by atoms with E-state index < -0.39 is 0 Å². The molecule has 0 heterocycles. The van der Waals surface area contributed by atoms with E-state index in [1.165, 1.54) is 31.0 Å². The summed E-state index contributed by atoms with van der Waals surface area (Å²) in [4.78, 5) is 10.8. The Bertz CT molecular complexity index is 419. The normalized spacial score (nSPS) is 22.4. The van der Waals surface area contributed by atoms with E-state index in [4.69, 9.17) is 0 Å². The van der Waals surface area contributed by atoms with Crippen LogP contribution in [0.4, 0.5) is 4.39 Å². The molecule has 1 aromatic carbocycles. The van der Waals surface area contributed by atoms with Gasteiger partial charge in [0.05, 0.1) is 0 Å². The van der Waals surface area contributed by atoms with Gasteiger partial charge in [0.2, 0.25) is 5.91 Å². The summed E-state index contributed by atoms with van der Waals surface area (Å²) in [6.45, 7) is 2.96. The Morgan fingerprint density at radius 2 is 2.00 bits per heavy atom. The second kappa shape index (κ2) is 6.66. The highest BCUT2D eigenvalue weighted by Crippen LogP contribution is 2.34. The predicted molar refractivity (Wildman–Crippen MR) is 73.5 cm³/mol.